The van der Waals surface area contributed by atoms with Gasteiger partial charge >= 0.3 is 12.1 Å². The molecule has 17 heavy (non-hydrogen) atoms. The number of rotatable bonds is 1. The standard InChI is InChI=1S/C11H14BrNO4/c1-11(2,3)17-10(15)13-7(9(14)16-4)5-6-8(13)12/h5-6H,1-4H3. The van der Waals surface area contributed by atoms with Crippen LogP contribution in [0.3, 0.4) is 0 Å². The molecule has 0 saturated carbocycles. The van der Waals surface area contributed by atoms with Gasteiger partial charge in [-0.05, 0) is 48.8 Å². The molecule has 1 aromatic heterocycles. The smallest absolute Gasteiger partial charge is 0.420 e. The summed E-state index contributed by atoms with van der Waals surface area (Å²) in [4.78, 5) is 23.3. The maximum absolute atomic E-state index is 11.9. The van der Waals surface area contributed by atoms with E-state index in [1.54, 1.807) is 26.8 Å². The predicted octanol–water partition coefficient (Wildman–Crippen LogP) is 2.82. The SMILES string of the molecule is COC(=O)c1ccc(Br)n1C(=O)OC(C)(C)C. The van der Waals surface area contributed by atoms with E-state index in [2.05, 4.69) is 20.7 Å². The first-order chi connectivity index (χ1) is 7.76. The Hall–Kier alpha value is -1.30. The van der Waals surface area contributed by atoms with E-state index in [1.807, 2.05) is 0 Å². The summed E-state index contributed by atoms with van der Waals surface area (Å²) < 4.78 is 11.3. The largest absolute Gasteiger partial charge is 0.464 e. The van der Waals surface area contributed by atoms with E-state index in [0.717, 1.165) is 4.57 Å². The number of aromatic nitrogens is 1. The van der Waals surface area contributed by atoms with Crippen molar-refractivity contribution >= 4 is 28.0 Å². The van der Waals surface area contributed by atoms with Crippen molar-refractivity contribution < 1.29 is 19.1 Å². The van der Waals surface area contributed by atoms with E-state index in [9.17, 15) is 9.59 Å². The molecule has 1 rings (SSSR count). The van der Waals surface area contributed by atoms with Gasteiger partial charge in [-0.2, -0.15) is 0 Å². The van der Waals surface area contributed by atoms with E-state index in [0.29, 0.717) is 4.60 Å². The average molecular weight is 304 g/mol. The molecule has 1 aromatic rings. The Labute approximate surface area is 108 Å². The van der Waals surface area contributed by atoms with Gasteiger partial charge in [-0.1, -0.05) is 0 Å². The van der Waals surface area contributed by atoms with Crippen LogP contribution in [0.1, 0.15) is 31.3 Å². The van der Waals surface area contributed by atoms with Gasteiger partial charge in [0.2, 0.25) is 0 Å². The molecule has 5 nitrogen and oxygen atoms in total. The zero-order valence-corrected chi connectivity index (χ0v) is 11.7. The fourth-order valence-electron chi connectivity index (χ4n) is 1.17. The third-order valence-corrected chi connectivity index (χ3v) is 2.42. The molecule has 6 heteroatoms. The van der Waals surface area contributed by atoms with Crippen LogP contribution in [-0.4, -0.2) is 29.3 Å². The lowest BCUT2D eigenvalue weighted by molar-refractivity contribution is 0.0480. The van der Waals surface area contributed by atoms with E-state index >= 15 is 0 Å². The second-order valence-corrected chi connectivity index (χ2v) is 5.16. The topological polar surface area (TPSA) is 57.5 Å². The normalized spacial score (nSPS) is 11.1. The Morgan fingerprint density at radius 3 is 2.35 bits per heavy atom. The van der Waals surface area contributed by atoms with Crippen LogP contribution in [0.15, 0.2) is 16.7 Å². The highest BCUT2D eigenvalue weighted by molar-refractivity contribution is 9.10. The van der Waals surface area contributed by atoms with Gasteiger partial charge in [-0.3, -0.25) is 0 Å². The molecule has 0 bridgehead atoms. The van der Waals surface area contributed by atoms with Gasteiger partial charge in [0.25, 0.3) is 0 Å². The van der Waals surface area contributed by atoms with Gasteiger partial charge in [0.1, 0.15) is 11.3 Å². The number of nitrogens with zero attached hydrogens (tertiary/aromatic N) is 1. The number of ether oxygens (including phenoxy) is 2. The third kappa shape index (κ3) is 3.33. The molecule has 0 aromatic carbocycles. The fourth-order valence-corrected chi connectivity index (χ4v) is 1.64. The highest BCUT2D eigenvalue weighted by Crippen LogP contribution is 2.19. The molecule has 0 spiro atoms. The van der Waals surface area contributed by atoms with Crippen LogP contribution in [0.4, 0.5) is 4.79 Å². The lowest BCUT2D eigenvalue weighted by Gasteiger charge is -2.20. The van der Waals surface area contributed by atoms with Gasteiger partial charge < -0.3 is 9.47 Å². The Kier molecular flexibility index (Phi) is 3.98. The summed E-state index contributed by atoms with van der Waals surface area (Å²) in [6.07, 6.45) is -0.630. The Bertz CT molecular complexity index is 445. The Morgan fingerprint density at radius 1 is 1.29 bits per heavy atom. The third-order valence-electron chi connectivity index (χ3n) is 1.80. The summed E-state index contributed by atoms with van der Waals surface area (Å²) in [5, 5.41) is 0. The van der Waals surface area contributed by atoms with Crippen molar-refractivity contribution in [3.63, 3.8) is 0 Å². The quantitative estimate of drug-likeness (QED) is 0.749. The van der Waals surface area contributed by atoms with Crippen molar-refractivity contribution in [2.75, 3.05) is 7.11 Å². The van der Waals surface area contributed by atoms with Crippen LogP contribution >= 0.6 is 15.9 Å². The molecule has 0 aliphatic carbocycles. The highest BCUT2D eigenvalue weighted by atomic mass is 79.9. The van der Waals surface area contributed by atoms with Gasteiger partial charge in [-0.25, -0.2) is 14.2 Å². The number of carbonyl (C=O) groups excluding carboxylic acids is 2. The molecule has 94 valence electrons. The Balaban J connectivity index is 3.09. The lowest BCUT2D eigenvalue weighted by atomic mass is 10.2. The molecule has 0 N–H and O–H groups in total. The summed E-state index contributed by atoms with van der Waals surface area (Å²) in [7, 11) is 1.25. The molecule has 0 fully saturated rings. The summed E-state index contributed by atoms with van der Waals surface area (Å²) in [6.45, 7) is 5.25. The van der Waals surface area contributed by atoms with Crippen molar-refractivity contribution in [3.05, 3.63) is 22.4 Å². The second kappa shape index (κ2) is 4.91. The molecule has 0 radical (unpaired) electrons. The number of hydrogen-bond donors (Lipinski definition) is 0. The zero-order valence-electron chi connectivity index (χ0n) is 10.1. The van der Waals surface area contributed by atoms with Gasteiger partial charge in [0.15, 0.2) is 0 Å². The van der Waals surface area contributed by atoms with Gasteiger partial charge in [0, 0.05) is 0 Å². The molecule has 0 saturated heterocycles. The van der Waals surface area contributed by atoms with Gasteiger partial charge in [-0.15, -0.1) is 0 Å². The number of methoxy groups -OCH3 is 1. The predicted molar refractivity (Wildman–Crippen MR) is 65.1 cm³/mol. The van der Waals surface area contributed by atoms with E-state index in [4.69, 9.17) is 4.74 Å². The molecule has 0 aliphatic heterocycles. The van der Waals surface area contributed by atoms with Crippen LogP contribution < -0.4 is 0 Å². The fraction of sp³-hybridized carbons (Fsp3) is 0.455. The van der Waals surface area contributed by atoms with Crippen LogP contribution in [0.5, 0.6) is 0 Å². The van der Waals surface area contributed by atoms with Crippen LogP contribution in [0.25, 0.3) is 0 Å². The van der Waals surface area contributed by atoms with E-state index in [-0.39, 0.29) is 5.69 Å². The molecular weight excluding hydrogens is 290 g/mol. The maximum atomic E-state index is 11.9. The molecule has 1 heterocycles. The van der Waals surface area contributed by atoms with E-state index in [1.165, 1.54) is 13.2 Å². The number of esters is 1. The first kappa shape index (κ1) is 13.8. The molecule has 0 amide bonds. The van der Waals surface area contributed by atoms with Crippen molar-refractivity contribution in [1.29, 1.82) is 0 Å². The lowest BCUT2D eigenvalue weighted by Crippen LogP contribution is -2.29. The first-order valence-electron chi connectivity index (χ1n) is 4.95. The zero-order chi connectivity index (χ0) is 13.2. The average Bonchev–Trinajstić information content (AvgIpc) is 2.56. The summed E-state index contributed by atoms with van der Waals surface area (Å²) in [6, 6.07) is 3.07. The van der Waals surface area contributed by atoms with E-state index < -0.39 is 17.7 Å². The number of carbonyl (C=O) groups is 2. The van der Waals surface area contributed by atoms with Gasteiger partial charge in [0.05, 0.1) is 11.7 Å². The maximum Gasteiger partial charge on any atom is 0.420 e. The first-order valence-corrected chi connectivity index (χ1v) is 5.74. The molecule has 0 unspecified atom stereocenters. The van der Waals surface area contributed by atoms with Crippen LogP contribution in [0, 0.1) is 0 Å². The van der Waals surface area contributed by atoms with Crippen molar-refractivity contribution in [3.8, 4) is 0 Å². The molecule has 0 aliphatic rings. The second-order valence-electron chi connectivity index (χ2n) is 4.35. The van der Waals surface area contributed by atoms with Crippen molar-refractivity contribution in [2.24, 2.45) is 0 Å². The Morgan fingerprint density at radius 2 is 1.88 bits per heavy atom. The van der Waals surface area contributed by atoms with Crippen molar-refractivity contribution in [1.82, 2.24) is 4.57 Å². The minimum atomic E-state index is -0.631. The monoisotopic (exact) mass is 303 g/mol. The summed E-state index contributed by atoms with van der Waals surface area (Å²) >= 11 is 3.18. The molecule has 0 atom stereocenters. The number of halogens is 1. The summed E-state index contributed by atoms with van der Waals surface area (Å²) in [5.74, 6) is -0.596. The minimum absolute atomic E-state index is 0.119. The molecular formula is C11H14BrNO4. The van der Waals surface area contributed by atoms with Crippen LogP contribution in [0.2, 0.25) is 0 Å². The minimum Gasteiger partial charge on any atom is -0.464 e. The number of hydrogen-bond acceptors (Lipinski definition) is 4. The van der Waals surface area contributed by atoms with Crippen molar-refractivity contribution in [2.45, 2.75) is 26.4 Å². The highest BCUT2D eigenvalue weighted by Gasteiger charge is 2.24. The summed E-state index contributed by atoms with van der Waals surface area (Å²) in [5.41, 5.74) is -0.512. The van der Waals surface area contributed by atoms with Crippen LogP contribution in [-0.2, 0) is 9.47 Å².